The number of rotatable bonds is 4. The van der Waals surface area contributed by atoms with E-state index in [0.29, 0.717) is 23.5 Å². The van der Waals surface area contributed by atoms with Crippen LogP contribution in [0.3, 0.4) is 0 Å². The van der Waals surface area contributed by atoms with E-state index in [0.717, 1.165) is 17.7 Å². The van der Waals surface area contributed by atoms with Crippen LogP contribution in [-0.2, 0) is 0 Å². The summed E-state index contributed by atoms with van der Waals surface area (Å²) in [4.78, 5) is 8.60. The summed E-state index contributed by atoms with van der Waals surface area (Å²) in [6, 6.07) is 7.51. The zero-order chi connectivity index (χ0) is 14.2. The van der Waals surface area contributed by atoms with Crippen molar-refractivity contribution in [3.05, 3.63) is 48.4 Å². The van der Waals surface area contributed by atoms with E-state index in [9.17, 15) is 0 Å². The second-order valence-electron chi connectivity index (χ2n) is 5.01. The van der Waals surface area contributed by atoms with Gasteiger partial charge in [0.1, 0.15) is 5.76 Å². The summed E-state index contributed by atoms with van der Waals surface area (Å²) in [5.74, 6) is 3.34. The lowest BCUT2D eigenvalue weighted by atomic mass is 10.2. The number of methoxy groups -OCH3 is 1. The van der Waals surface area contributed by atoms with Crippen LogP contribution in [0.25, 0.3) is 11.4 Å². The zero-order valence-corrected chi connectivity index (χ0v) is 11.4. The molecule has 0 bridgehead atoms. The topological polar surface area (TPSA) is 74.2 Å². The van der Waals surface area contributed by atoms with Gasteiger partial charge in [0.25, 0.3) is 0 Å². The molecule has 0 aliphatic heterocycles. The van der Waals surface area contributed by atoms with Crippen LogP contribution in [0.15, 0.2) is 45.7 Å². The van der Waals surface area contributed by atoms with Crippen molar-refractivity contribution in [2.24, 2.45) is 0 Å². The highest BCUT2D eigenvalue weighted by atomic mass is 16.5. The molecule has 3 aromatic rings. The Labute approximate surface area is 120 Å². The van der Waals surface area contributed by atoms with Crippen molar-refractivity contribution < 1.29 is 13.7 Å². The molecule has 0 N–H and O–H groups in total. The molecule has 1 saturated carbocycles. The number of hydrogen-bond acceptors (Lipinski definition) is 6. The Kier molecular flexibility index (Phi) is 2.73. The minimum absolute atomic E-state index is 0.253. The summed E-state index contributed by atoms with van der Waals surface area (Å²) >= 11 is 0. The third-order valence-electron chi connectivity index (χ3n) is 3.66. The van der Waals surface area contributed by atoms with E-state index in [2.05, 4.69) is 15.1 Å². The second-order valence-corrected chi connectivity index (χ2v) is 5.01. The van der Waals surface area contributed by atoms with Crippen LogP contribution in [0, 0.1) is 0 Å². The maximum absolute atomic E-state index is 5.41. The molecular weight excluding hydrogens is 270 g/mol. The number of pyridine rings is 1. The molecule has 6 heteroatoms. The van der Waals surface area contributed by atoms with Crippen LogP contribution < -0.4 is 4.74 Å². The van der Waals surface area contributed by atoms with E-state index in [4.69, 9.17) is 13.7 Å². The largest absolute Gasteiger partial charge is 0.481 e. The fraction of sp³-hybridized carbons (Fsp3) is 0.267. The van der Waals surface area contributed by atoms with Crippen molar-refractivity contribution in [1.82, 2.24) is 15.1 Å². The van der Waals surface area contributed by atoms with Gasteiger partial charge < -0.3 is 13.7 Å². The van der Waals surface area contributed by atoms with Crippen LogP contribution in [0.5, 0.6) is 5.88 Å². The lowest BCUT2D eigenvalue weighted by Crippen LogP contribution is -1.88. The maximum atomic E-state index is 5.41. The summed E-state index contributed by atoms with van der Waals surface area (Å²) in [5, 5.41) is 4.02. The lowest BCUT2D eigenvalue weighted by molar-refractivity contribution is 0.376. The molecule has 3 aromatic heterocycles. The minimum atomic E-state index is 0.253. The smallest absolute Gasteiger partial charge is 0.230 e. The summed E-state index contributed by atoms with van der Waals surface area (Å²) in [6.45, 7) is 0. The third kappa shape index (κ3) is 2.18. The molecule has 0 spiro atoms. The van der Waals surface area contributed by atoms with Gasteiger partial charge in [-0.25, -0.2) is 4.98 Å². The average molecular weight is 283 g/mol. The first-order valence-corrected chi connectivity index (χ1v) is 6.72. The Hall–Kier alpha value is -2.63. The van der Waals surface area contributed by atoms with Gasteiger partial charge in [-0.15, -0.1) is 0 Å². The van der Waals surface area contributed by atoms with Crippen LogP contribution in [-0.4, -0.2) is 22.2 Å². The molecule has 0 aromatic carbocycles. The standard InChI is InChI=1S/C15H13N3O3/c1-19-13-5-4-9(8-16-13)14-17-15(21-18-14)11-7-10(11)12-3-2-6-20-12/h2-6,8,10-11H,7H2,1H3/t10-,11+/m1/s1. The zero-order valence-electron chi connectivity index (χ0n) is 11.4. The van der Waals surface area contributed by atoms with Gasteiger partial charge >= 0.3 is 0 Å². The monoisotopic (exact) mass is 283 g/mol. The van der Waals surface area contributed by atoms with E-state index < -0.39 is 0 Å². The van der Waals surface area contributed by atoms with Gasteiger partial charge in [-0.3, -0.25) is 0 Å². The van der Waals surface area contributed by atoms with Crippen molar-refractivity contribution in [1.29, 1.82) is 0 Å². The predicted octanol–water partition coefficient (Wildman–Crippen LogP) is 3.00. The Morgan fingerprint density at radius 1 is 1.24 bits per heavy atom. The molecular formula is C15H13N3O3. The number of furan rings is 1. The fourth-order valence-electron chi connectivity index (χ4n) is 2.42. The van der Waals surface area contributed by atoms with Gasteiger partial charge in [-0.2, -0.15) is 4.98 Å². The number of ether oxygens (including phenoxy) is 1. The van der Waals surface area contributed by atoms with E-state index in [1.54, 1.807) is 25.6 Å². The van der Waals surface area contributed by atoms with E-state index >= 15 is 0 Å². The first-order valence-electron chi connectivity index (χ1n) is 6.72. The quantitative estimate of drug-likeness (QED) is 0.732. The lowest BCUT2D eigenvalue weighted by Gasteiger charge is -1.97. The highest BCUT2D eigenvalue weighted by Gasteiger charge is 2.45. The van der Waals surface area contributed by atoms with Crippen molar-refractivity contribution in [2.45, 2.75) is 18.3 Å². The highest BCUT2D eigenvalue weighted by molar-refractivity contribution is 5.53. The highest BCUT2D eigenvalue weighted by Crippen LogP contribution is 2.54. The number of hydrogen-bond donors (Lipinski definition) is 0. The normalized spacial score (nSPS) is 20.4. The maximum Gasteiger partial charge on any atom is 0.230 e. The van der Waals surface area contributed by atoms with E-state index in [-0.39, 0.29) is 5.92 Å². The summed E-state index contributed by atoms with van der Waals surface area (Å²) in [6.07, 6.45) is 4.34. The first kappa shape index (κ1) is 12.1. The van der Waals surface area contributed by atoms with Gasteiger partial charge in [0, 0.05) is 29.7 Å². The molecule has 1 fully saturated rings. The van der Waals surface area contributed by atoms with Crippen LogP contribution in [0.4, 0.5) is 0 Å². The molecule has 4 rings (SSSR count). The number of nitrogens with zero attached hydrogens (tertiary/aromatic N) is 3. The fourth-order valence-corrected chi connectivity index (χ4v) is 2.42. The van der Waals surface area contributed by atoms with Crippen LogP contribution in [0.2, 0.25) is 0 Å². The SMILES string of the molecule is COc1ccc(-c2noc([C@H]3C[C@H]3c3ccco3)n2)cn1. The molecule has 3 heterocycles. The molecule has 106 valence electrons. The molecule has 0 unspecified atom stereocenters. The average Bonchev–Trinajstić information content (AvgIpc) is 2.97. The summed E-state index contributed by atoms with van der Waals surface area (Å²) < 4.78 is 15.8. The van der Waals surface area contributed by atoms with E-state index in [1.807, 2.05) is 18.2 Å². The van der Waals surface area contributed by atoms with Gasteiger partial charge in [0.2, 0.25) is 17.6 Å². The first-order chi connectivity index (χ1) is 10.3. The second kappa shape index (κ2) is 4.73. The van der Waals surface area contributed by atoms with Gasteiger partial charge in [0.15, 0.2) is 0 Å². The summed E-state index contributed by atoms with van der Waals surface area (Å²) in [7, 11) is 1.58. The van der Waals surface area contributed by atoms with Crippen LogP contribution >= 0.6 is 0 Å². The molecule has 1 aliphatic carbocycles. The molecule has 21 heavy (non-hydrogen) atoms. The molecule has 6 nitrogen and oxygen atoms in total. The van der Waals surface area contributed by atoms with Crippen molar-refractivity contribution in [3.63, 3.8) is 0 Å². The Morgan fingerprint density at radius 3 is 2.90 bits per heavy atom. The minimum Gasteiger partial charge on any atom is -0.481 e. The van der Waals surface area contributed by atoms with Gasteiger partial charge in [-0.1, -0.05) is 5.16 Å². The predicted molar refractivity (Wildman–Crippen MR) is 72.9 cm³/mol. The summed E-state index contributed by atoms with van der Waals surface area (Å²) in [5.41, 5.74) is 0.806. The van der Waals surface area contributed by atoms with Gasteiger partial charge in [0.05, 0.1) is 13.4 Å². The van der Waals surface area contributed by atoms with Crippen molar-refractivity contribution >= 4 is 0 Å². The Balaban J connectivity index is 1.53. The third-order valence-corrected chi connectivity index (χ3v) is 3.66. The van der Waals surface area contributed by atoms with Gasteiger partial charge in [-0.05, 0) is 24.6 Å². The van der Waals surface area contributed by atoms with Crippen molar-refractivity contribution in [2.75, 3.05) is 7.11 Å². The molecule has 1 aliphatic rings. The number of aromatic nitrogens is 3. The van der Waals surface area contributed by atoms with E-state index in [1.165, 1.54) is 0 Å². The Bertz CT molecular complexity index is 734. The molecule has 0 amide bonds. The molecule has 0 radical (unpaired) electrons. The molecule has 2 atom stereocenters. The molecule has 0 saturated heterocycles. The van der Waals surface area contributed by atoms with Crippen molar-refractivity contribution in [3.8, 4) is 17.3 Å². The van der Waals surface area contributed by atoms with Crippen LogP contribution in [0.1, 0.15) is 29.9 Å². The Morgan fingerprint density at radius 2 is 2.19 bits per heavy atom.